The van der Waals surface area contributed by atoms with Crippen molar-refractivity contribution < 1.29 is 19.4 Å². The van der Waals surface area contributed by atoms with Crippen molar-refractivity contribution in [2.24, 2.45) is 5.11 Å². The average molecular weight is 292 g/mol. The Labute approximate surface area is 121 Å². The van der Waals surface area contributed by atoms with E-state index in [0.29, 0.717) is 5.56 Å². The number of ether oxygens (including phenoxy) is 1. The number of hydrogen-bond acceptors (Lipinski definition) is 4. The highest BCUT2D eigenvalue weighted by molar-refractivity contribution is 5.95. The predicted octanol–water partition coefficient (Wildman–Crippen LogP) is 3.98. The van der Waals surface area contributed by atoms with E-state index < -0.39 is 17.7 Å². The van der Waals surface area contributed by atoms with Crippen molar-refractivity contribution in [1.29, 1.82) is 0 Å². The van der Waals surface area contributed by atoms with E-state index in [-0.39, 0.29) is 16.9 Å². The van der Waals surface area contributed by atoms with Gasteiger partial charge < -0.3 is 9.84 Å². The molecule has 1 amide bonds. The number of carbonyl (C=O) groups excluding carboxylic acids is 1. The Morgan fingerprint density at radius 1 is 1.38 bits per heavy atom. The van der Waals surface area contributed by atoms with Crippen LogP contribution in [0.1, 0.15) is 36.7 Å². The third-order valence-corrected chi connectivity index (χ3v) is 2.42. The second-order valence-electron chi connectivity index (χ2n) is 5.29. The molecular formula is C13H16N4O4. The van der Waals surface area contributed by atoms with Crippen LogP contribution < -0.4 is 5.32 Å². The van der Waals surface area contributed by atoms with Crippen molar-refractivity contribution in [3.8, 4) is 0 Å². The third kappa shape index (κ3) is 4.70. The number of carbonyl (C=O) groups is 2. The number of azide groups is 1. The van der Waals surface area contributed by atoms with Gasteiger partial charge in [0.25, 0.3) is 0 Å². The molecule has 0 saturated carbocycles. The summed E-state index contributed by atoms with van der Waals surface area (Å²) in [4.78, 5) is 25.5. The summed E-state index contributed by atoms with van der Waals surface area (Å²) in [6.45, 7) is 6.66. The summed E-state index contributed by atoms with van der Waals surface area (Å²) in [6, 6.07) is 2.61. The quantitative estimate of drug-likeness (QED) is 0.496. The van der Waals surface area contributed by atoms with Crippen molar-refractivity contribution >= 4 is 23.4 Å². The molecule has 0 saturated heterocycles. The zero-order chi connectivity index (χ0) is 16.2. The van der Waals surface area contributed by atoms with Gasteiger partial charge in [-0.2, -0.15) is 0 Å². The number of amides is 1. The van der Waals surface area contributed by atoms with Gasteiger partial charge in [0.15, 0.2) is 0 Å². The maximum absolute atomic E-state index is 11.7. The molecule has 0 spiro atoms. The van der Waals surface area contributed by atoms with Crippen LogP contribution >= 0.6 is 0 Å². The minimum Gasteiger partial charge on any atom is -0.478 e. The van der Waals surface area contributed by atoms with Gasteiger partial charge in [-0.25, -0.2) is 9.59 Å². The molecule has 0 aliphatic rings. The Morgan fingerprint density at radius 2 is 2.00 bits per heavy atom. The molecule has 112 valence electrons. The summed E-state index contributed by atoms with van der Waals surface area (Å²) in [5.41, 5.74) is 8.34. The second kappa shape index (κ2) is 6.15. The van der Waals surface area contributed by atoms with Crippen LogP contribution in [-0.2, 0) is 4.74 Å². The fourth-order valence-electron chi connectivity index (χ4n) is 1.57. The largest absolute Gasteiger partial charge is 0.478 e. The van der Waals surface area contributed by atoms with Crippen LogP contribution in [0.5, 0.6) is 0 Å². The monoisotopic (exact) mass is 292 g/mol. The zero-order valence-electron chi connectivity index (χ0n) is 12.2. The van der Waals surface area contributed by atoms with Gasteiger partial charge in [0.2, 0.25) is 0 Å². The lowest BCUT2D eigenvalue weighted by molar-refractivity contribution is 0.0632. The first-order chi connectivity index (χ1) is 9.64. The van der Waals surface area contributed by atoms with Crippen molar-refractivity contribution in [3.05, 3.63) is 33.7 Å². The normalized spacial score (nSPS) is 10.5. The van der Waals surface area contributed by atoms with E-state index in [0.717, 1.165) is 0 Å². The van der Waals surface area contributed by atoms with Crippen LogP contribution in [0.15, 0.2) is 17.2 Å². The third-order valence-electron chi connectivity index (χ3n) is 2.42. The summed E-state index contributed by atoms with van der Waals surface area (Å²) in [5, 5.41) is 14.9. The van der Waals surface area contributed by atoms with E-state index in [1.54, 1.807) is 20.8 Å². The minimum absolute atomic E-state index is 0.0639. The lowest BCUT2D eigenvalue weighted by atomic mass is 10.1. The lowest BCUT2D eigenvalue weighted by Crippen LogP contribution is -2.27. The Hall–Kier alpha value is -2.73. The number of nitrogens with one attached hydrogen (secondary N) is 1. The molecule has 1 aromatic rings. The van der Waals surface area contributed by atoms with Crippen LogP contribution in [-0.4, -0.2) is 22.8 Å². The molecule has 0 bridgehead atoms. The molecule has 0 aromatic heterocycles. The van der Waals surface area contributed by atoms with E-state index >= 15 is 0 Å². The number of rotatable bonds is 3. The summed E-state index contributed by atoms with van der Waals surface area (Å²) >= 11 is 0. The van der Waals surface area contributed by atoms with Gasteiger partial charge >= 0.3 is 12.1 Å². The summed E-state index contributed by atoms with van der Waals surface area (Å²) in [6.07, 6.45) is -0.722. The SMILES string of the molecule is Cc1c(NC(=O)OC(C)(C)C)cc(N=[N+]=[N-])cc1C(=O)O. The van der Waals surface area contributed by atoms with Crippen molar-refractivity contribution in [3.63, 3.8) is 0 Å². The van der Waals surface area contributed by atoms with Gasteiger partial charge in [0, 0.05) is 16.3 Å². The van der Waals surface area contributed by atoms with E-state index in [9.17, 15) is 9.59 Å². The highest BCUT2D eigenvalue weighted by Gasteiger charge is 2.19. The van der Waals surface area contributed by atoms with Gasteiger partial charge in [-0.1, -0.05) is 5.11 Å². The van der Waals surface area contributed by atoms with Crippen molar-refractivity contribution in [1.82, 2.24) is 0 Å². The zero-order valence-corrected chi connectivity index (χ0v) is 12.2. The first-order valence-electron chi connectivity index (χ1n) is 6.07. The molecule has 1 rings (SSSR count). The summed E-state index contributed by atoms with van der Waals surface area (Å²) in [5.74, 6) is -1.19. The second-order valence-corrected chi connectivity index (χ2v) is 5.29. The number of nitrogens with zero attached hydrogens (tertiary/aromatic N) is 3. The fraction of sp³-hybridized carbons (Fsp3) is 0.385. The molecule has 2 N–H and O–H groups in total. The number of benzene rings is 1. The molecule has 8 nitrogen and oxygen atoms in total. The lowest BCUT2D eigenvalue weighted by Gasteiger charge is -2.20. The van der Waals surface area contributed by atoms with E-state index in [4.69, 9.17) is 15.4 Å². The maximum atomic E-state index is 11.7. The highest BCUT2D eigenvalue weighted by atomic mass is 16.6. The van der Waals surface area contributed by atoms with E-state index in [2.05, 4.69) is 15.3 Å². The highest BCUT2D eigenvalue weighted by Crippen LogP contribution is 2.27. The Bertz CT molecular complexity index is 628. The summed E-state index contributed by atoms with van der Waals surface area (Å²) < 4.78 is 5.10. The Balaban J connectivity index is 3.19. The minimum atomic E-state index is -1.19. The molecule has 1 aromatic carbocycles. The standard InChI is InChI=1S/C13H16N4O4/c1-7-9(11(18)19)5-8(16-17-14)6-10(7)15-12(20)21-13(2,3)4/h5-6H,1-4H3,(H,15,20)(H,18,19). The molecule has 0 fully saturated rings. The first kappa shape index (κ1) is 16.3. The number of aromatic carboxylic acids is 1. The molecule has 8 heteroatoms. The number of carboxylic acids is 1. The first-order valence-corrected chi connectivity index (χ1v) is 6.07. The van der Waals surface area contributed by atoms with Crippen molar-refractivity contribution in [2.75, 3.05) is 5.32 Å². The smallest absolute Gasteiger partial charge is 0.412 e. The molecule has 0 aliphatic heterocycles. The van der Waals surface area contributed by atoms with E-state index in [1.807, 2.05) is 0 Å². The molecule has 0 heterocycles. The number of carboxylic acid groups (broad SMARTS) is 1. The average Bonchev–Trinajstić information content (AvgIpc) is 2.30. The molecule has 0 atom stereocenters. The van der Waals surface area contributed by atoms with Gasteiger partial charge in [-0.05, 0) is 50.9 Å². The predicted molar refractivity (Wildman–Crippen MR) is 76.8 cm³/mol. The number of anilines is 1. The molecular weight excluding hydrogens is 276 g/mol. The van der Waals surface area contributed by atoms with Crippen LogP contribution in [0, 0.1) is 6.92 Å². The fourth-order valence-corrected chi connectivity index (χ4v) is 1.57. The molecule has 21 heavy (non-hydrogen) atoms. The van der Waals surface area contributed by atoms with Crippen LogP contribution in [0.2, 0.25) is 0 Å². The van der Waals surface area contributed by atoms with Crippen LogP contribution in [0.4, 0.5) is 16.2 Å². The van der Waals surface area contributed by atoms with Gasteiger partial charge in [-0.3, -0.25) is 5.32 Å². The molecule has 0 aliphatic carbocycles. The molecule has 0 radical (unpaired) electrons. The number of hydrogen-bond donors (Lipinski definition) is 2. The molecule has 0 unspecified atom stereocenters. The van der Waals surface area contributed by atoms with Gasteiger partial charge in [0.05, 0.1) is 5.56 Å². The Kier molecular flexibility index (Phi) is 4.78. The Morgan fingerprint density at radius 3 is 2.48 bits per heavy atom. The van der Waals surface area contributed by atoms with Gasteiger partial charge in [0.1, 0.15) is 5.60 Å². The van der Waals surface area contributed by atoms with Crippen molar-refractivity contribution in [2.45, 2.75) is 33.3 Å². The van der Waals surface area contributed by atoms with Crippen LogP contribution in [0.25, 0.3) is 10.4 Å². The van der Waals surface area contributed by atoms with E-state index in [1.165, 1.54) is 19.1 Å². The van der Waals surface area contributed by atoms with Gasteiger partial charge in [-0.15, -0.1) is 0 Å². The van der Waals surface area contributed by atoms with Crippen LogP contribution in [0.3, 0.4) is 0 Å². The maximum Gasteiger partial charge on any atom is 0.412 e. The topological polar surface area (TPSA) is 124 Å². The summed E-state index contributed by atoms with van der Waals surface area (Å²) in [7, 11) is 0.